The number of amides is 1. The highest BCUT2D eigenvalue weighted by Crippen LogP contribution is 2.36. The van der Waals surface area contributed by atoms with E-state index in [4.69, 9.17) is 14.2 Å². The first kappa shape index (κ1) is 19.7. The third-order valence-electron chi connectivity index (χ3n) is 4.36. The summed E-state index contributed by atoms with van der Waals surface area (Å²) in [5.74, 6) is 1.57. The molecule has 0 fully saturated rings. The quantitative estimate of drug-likeness (QED) is 0.633. The lowest BCUT2D eigenvalue weighted by molar-refractivity contribution is -0.130. The molecule has 148 valence electrons. The highest BCUT2D eigenvalue weighted by atomic mass is 16.6. The molecule has 1 amide bonds. The number of nitrogens with one attached hydrogen (secondary N) is 1. The van der Waals surface area contributed by atoms with Crippen LogP contribution in [0.15, 0.2) is 47.6 Å². The number of benzene rings is 2. The van der Waals surface area contributed by atoms with Gasteiger partial charge in [0, 0.05) is 5.56 Å². The number of hydrogen-bond donors (Lipinski definition) is 1. The number of carbonyl (C=O) groups excluding carboxylic acids is 1. The van der Waals surface area contributed by atoms with Crippen molar-refractivity contribution in [2.24, 2.45) is 5.10 Å². The fraction of sp³-hybridized carbons (Fsp3) is 0.364. The Balaban J connectivity index is 1.65. The van der Waals surface area contributed by atoms with Crippen molar-refractivity contribution in [1.29, 1.82) is 0 Å². The maximum atomic E-state index is 12.4. The summed E-state index contributed by atoms with van der Waals surface area (Å²) in [6, 6.07) is 13.3. The van der Waals surface area contributed by atoms with Crippen molar-refractivity contribution >= 4 is 12.1 Å². The first-order valence-electron chi connectivity index (χ1n) is 9.37. The van der Waals surface area contributed by atoms with E-state index in [0.29, 0.717) is 23.9 Å². The molecule has 0 unspecified atom stereocenters. The van der Waals surface area contributed by atoms with Gasteiger partial charge in [-0.05, 0) is 42.2 Å². The van der Waals surface area contributed by atoms with E-state index in [2.05, 4.69) is 31.3 Å². The summed E-state index contributed by atoms with van der Waals surface area (Å²) in [4.78, 5) is 12.4. The van der Waals surface area contributed by atoms with Gasteiger partial charge in [0.05, 0.1) is 12.8 Å². The Bertz CT molecular complexity index is 871. The Morgan fingerprint density at radius 2 is 2.04 bits per heavy atom. The van der Waals surface area contributed by atoms with Crippen LogP contribution in [-0.2, 0) is 10.2 Å². The van der Waals surface area contributed by atoms with E-state index in [1.165, 1.54) is 0 Å². The van der Waals surface area contributed by atoms with Crippen LogP contribution < -0.4 is 19.6 Å². The van der Waals surface area contributed by atoms with Crippen LogP contribution in [0.4, 0.5) is 0 Å². The van der Waals surface area contributed by atoms with Crippen LogP contribution in [0.3, 0.4) is 0 Å². The van der Waals surface area contributed by atoms with Crippen molar-refractivity contribution in [1.82, 2.24) is 5.43 Å². The van der Waals surface area contributed by atoms with Gasteiger partial charge in [-0.25, -0.2) is 5.43 Å². The van der Waals surface area contributed by atoms with Gasteiger partial charge in [-0.1, -0.05) is 39.0 Å². The smallest absolute Gasteiger partial charge is 0.284 e. The number of nitrogens with zero attached hydrogens (tertiary/aromatic N) is 1. The maximum absolute atomic E-state index is 12.4. The SMILES string of the molecule is CCOc1ccccc1/C=N/NC(=O)[C@H]1COc2ccc(C(C)(C)C)cc2O1. The monoisotopic (exact) mass is 382 g/mol. The molecule has 1 N–H and O–H groups in total. The Kier molecular flexibility index (Phi) is 5.87. The molecule has 0 spiro atoms. The average Bonchev–Trinajstić information content (AvgIpc) is 2.68. The number of hydrazone groups is 1. The number of hydrogen-bond acceptors (Lipinski definition) is 5. The van der Waals surface area contributed by atoms with Crippen LogP contribution in [0.1, 0.15) is 38.8 Å². The molecule has 0 aromatic heterocycles. The second-order valence-corrected chi connectivity index (χ2v) is 7.53. The predicted octanol–water partition coefficient (Wildman–Crippen LogP) is 3.67. The molecule has 0 radical (unpaired) electrons. The van der Waals surface area contributed by atoms with Crippen LogP contribution in [0.25, 0.3) is 0 Å². The Hall–Kier alpha value is -3.02. The third-order valence-corrected chi connectivity index (χ3v) is 4.36. The lowest BCUT2D eigenvalue weighted by atomic mass is 9.87. The van der Waals surface area contributed by atoms with Gasteiger partial charge in [0.1, 0.15) is 12.4 Å². The number of carbonyl (C=O) groups is 1. The number of fused-ring (bicyclic) bond motifs is 1. The van der Waals surface area contributed by atoms with Gasteiger partial charge in [-0.2, -0.15) is 5.10 Å². The fourth-order valence-corrected chi connectivity index (χ4v) is 2.78. The summed E-state index contributed by atoms with van der Waals surface area (Å²) in [5.41, 5.74) is 4.39. The Morgan fingerprint density at radius 1 is 1.25 bits per heavy atom. The summed E-state index contributed by atoms with van der Waals surface area (Å²) in [7, 11) is 0. The second kappa shape index (κ2) is 8.33. The second-order valence-electron chi connectivity index (χ2n) is 7.53. The summed E-state index contributed by atoms with van der Waals surface area (Å²) in [6.07, 6.45) is 0.792. The van der Waals surface area contributed by atoms with E-state index >= 15 is 0 Å². The van der Waals surface area contributed by atoms with Crippen LogP contribution in [-0.4, -0.2) is 31.4 Å². The molecule has 3 rings (SSSR count). The van der Waals surface area contributed by atoms with Gasteiger partial charge >= 0.3 is 0 Å². The minimum atomic E-state index is -0.762. The zero-order chi connectivity index (χ0) is 20.1. The van der Waals surface area contributed by atoms with Crippen molar-refractivity contribution in [3.63, 3.8) is 0 Å². The zero-order valence-electron chi connectivity index (χ0n) is 16.7. The number of ether oxygens (including phenoxy) is 3. The molecule has 0 aliphatic carbocycles. The largest absolute Gasteiger partial charge is 0.493 e. The zero-order valence-corrected chi connectivity index (χ0v) is 16.7. The van der Waals surface area contributed by atoms with Gasteiger partial charge in [0.2, 0.25) is 6.10 Å². The van der Waals surface area contributed by atoms with Gasteiger partial charge in [-0.15, -0.1) is 0 Å². The van der Waals surface area contributed by atoms with Crippen molar-refractivity contribution in [3.05, 3.63) is 53.6 Å². The van der Waals surface area contributed by atoms with Gasteiger partial charge in [-0.3, -0.25) is 4.79 Å². The standard InChI is InChI=1S/C22H26N2O4/c1-5-26-17-9-7-6-8-15(17)13-23-24-21(25)20-14-27-18-11-10-16(22(2,3)4)12-19(18)28-20/h6-13,20H,5,14H2,1-4H3,(H,24,25)/b23-13+/t20-/m1/s1. The molecule has 1 aliphatic rings. The van der Waals surface area contributed by atoms with E-state index in [1.807, 2.05) is 49.4 Å². The molecule has 1 atom stereocenters. The molecular formula is C22H26N2O4. The van der Waals surface area contributed by atoms with E-state index < -0.39 is 6.10 Å². The van der Waals surface area contributed by atoms with Crippen molar-refractivity contribution in [2.75, 3.05) is 13.2 Å². The van der Waals surface area contributed by atoms with Crippen molar-refractivity contribution in [2.45, 2.75) is 39.2 Å². The fourth-order valence-electron chi connectivity index (χ4n) is 2.78. The first-order valence-corrected chi connectivity index (χ1v) is 9.37. The molecule has 0 bridgehead atoms. The van der Waals surface area contributed by atoms with Crippen LogP contribution in [0, 0.1) is 0 Å². The van der Waals surface area contributed by atoms with Crippen LogP contribution in [0.5, 0.6) is 17.2 Å². The molecule has 6 nitrogen and oxygen atoms in total. The summed E-state index contributed by atoms with van der Waals surface area (Å²) in [5, 5.41) is 4.03. The van der Waals surface area contributed by atoms with Crippen molar-refractivity contribution < 1.29 is 19.0 Å². The lowest BCUT2D eigenvalue weighted by Crippen LogP contribution is -2.42. The third kappa shape index (κ3) is 4.63. The van der Waals surface area contributed by atoms with Crippen molar-refractivity contribution in [3.8, 4) is 17.2 Å². The van der Waals surface area contributed by atoms with Gasteiger partial charge in [0.15, 0.2) is 11.5 Å². The van der Waals surface area contributed by atoms with E-state index in [-0.39, 0.29) is 17.9 Å². The maximum Gasteiger partial charge on any atom is 0.284 e. The van der Waals surface area contributed by atoms with E-state index in [0.717, 1.165) is 11.1 Å². The minimum absolute atomic E-state index is 0.0220. The first-order chi connectivity index (χ1) is 13.4. The summed E-state index contributed by atoms with van der Waals surface area (Å²) >= 11 is 0. The molecular weight excluding hydrogens is 356 g/mol. The van der Waals surface area contributed by atoms with Gasteiger partial charge in [0.25, 0.3) is 5.91 Å². The van der Waals surface area contributed by atoms with Gasteiger partial charge < -0.3 is 14.2 Å². The average molecular weight is 382 g/mol. The lowest BCUT2D eigenvalue weighted by Gasteiger charge is -2.27. The normalized spacial score (nSPS) is 16.1. The van der Waals surface area contributed by atoms with Crippen LogP contribution >= 0.6 is 0 Å². The van der Waals surface area contributed by atoms with E-state index in [1.54, 1.807) is 6.21 Å². The molecule has 2 aromatic rings. The molecule has 28 heavy (non-hydrogen) atoms. The minimum Gasteiger partial charge on any atom is -0.493 e. The molecule has 1 aliphatic heterocycles. The number of rotatable bonds is 5. The summed E-state index contributed by atoms with van der Waals surface area (Å²) < 4.78 is 17.1. The highest BCUT2D eigenvalue weighted by Gasteiger charge is 2.28. The summed E-state index contributed by atoms with van der Waals surface area (Å²) in [6.45, 7) is 8.98. The molecule has 1 heterocycles. The Morgan fingerprint density at radius 3 is 2.79 bits per heavy atom. The molecule has 6 heteroatoms. The Labute approximate surface area is 165 Å². The molecule has 0 saturated carbocycles. The molecule has 2 aromatic carbocycles. The molecule has 0 saturated heterocycles. The highest BCUT2D eigenvalue weighted by molar-refractivity contribution is 5.86. The topological polar surface area (TPSA) is 69.2 Å². The number of para-hydroxylation sites is 1. The predicted molar refractivity (Wildman–Crippen MR) is 108 cm³/mol. The van der Waals surface area contributed by atoms with Crippen LogP contribution in [0.2, 0.25) is 0 Å². The van der Waals surface area contributed by atoms with E-state index in [9.17, 15) is 4.79 Å².